The summed E-state index contributed by atoms with van der Waals surface area (Å²) >= 11 is 0. The number of nitrogens with zero attached hydrogens (tertiary/aromatic N) is 1. The van der Waals surface area contributed by atoms with Gasteiger partial charge in [0.1, 0.15) is 11.4 Å². The highest BCUT2D eigenvalue weighted by atomic mass is 16.6. The molecule has 2 fully saturated rings. The van der Waals surface area contributed by atoms with Crippen molar-refractivity contribution in [1.29, 1.82) is 0 Å². The van der Waals surface area contributed by atoms with Crippen LogP contribution in [-0.4, -0.2) is 48.2 Å². The van der Waals surface area contributed by atoms with Crippen LogP contribution in [0.2, 0.25) is 0 Å². The number of allylic oxidation sites excluding steroid dienone is 2. The fourth-order valence-electron chi connectivity index (χ4n) is 4.47. The van der Waals surface area contributed by atoms with E-state index in [0.717, 1.165) is 63.8 Å². The zero-order valence-electron chi connectivity index (χ0n) is 20.3. The maximum atomic E-state index is 12.3. The number of ether oxygens (including phenoxy) is 2. The summed E-state index contributed by atoms with van der Waals surface area (Å²) in [6.07, 6.45) is 8.84. The number of piperidine rings is 1. The van der Waals surface area contributed by atoms with E-state index in [1.165, 1.54) is 11.1 Å². The number of carbonyl (C=O) groups excluding carboxylic acids is 2. The Hall–Kier alpha value is -2.50. The van der Waals surface area contributed by atoms with Crippen molar-refractivity contribution < 1.29 is 19.1 Å². The predicted octanol–water partition coefficient (Wildman–Crippen LogP) is 5.17. The zero-order valence-corrected chi connectivity index (χ0v) is 20.3. The Labute approximate surface area is 197 Å². The summed E-state index contributed by atoms with van der Waals surface area (Å²) < 4.78 is 11.5. The molecule has 1 N–H and O–H groups in total. The molecule has 0 bridgehead atoms. The second-order valence-electron chi connectivity index (χ2n) is 10.7. The highest BCUT2D eigenvalue weighted by molar-refractivity contribution is 5.81. The summed E-state index contributed by atoms with van der Waals surface area (Å²) in [6, 6.07) is 8.76. The summed E-state index contributed by atoms with van der Waals surface area (Å²) in [7, 11) is 0. The van der Waals surface area contributed by atoms with E-state index in [4.69, 9.17) is 9.47 Å². The molecule has 0 radical (unpaired) electrons. The van der Waals surface area contributed by atoms with E-state index in [0.29, 0.717) is 18.6 Å². The van der Waals surface area contributed by atoms with Gasteiger partial charge in [0, 0.05) is 25.0 Å². The van der Waals surface area contributed by atoms with Crippen LogP contribution in [0.25, 0.3) is 5.57 Å². The van der Waals surface area contributed by atoms with E-state index in [2.05, 4.69) is 23.5 Å². The molecule has 1 aromatic rings. The van der Waals surface area contributed by atoms with Crippen LogP contribution in [0.4, 0.5) is 4.79 Å². The molecule has 180 valence electrons. The fourth-order valence-corrected chi connectivity index (χ4v) is 4.47. The number of rotatable bonds is 6. The molecule has 1 unspecified atom stereocenters. The van der Waals surface area contributed by atoms with Gasteiger partial charge >= 0.3 is 6.09 Å². The third kappa shape index (κ3) is 6.99. The number of benzene rings is 1. The van der Waals surface area contributed by atoms with Crippen LogP contribution in [0, 0.1) is 11.8 Å². The van der Waals surface area contributed by atoms with Crippen molar-refractivity contribution >= 4 is 17.6 Å². The largest absolute Gasteiger partial charge is 0.493 e. The Kier molecular flexibility index (Phi) is 7.30. The summed E-state index contributed by atoms with van der Waals surface area (Å²) in [4.78, 5) is 26.3. The van der Waals surface area contributed by atoms with Gasteiger partial charge in [0.15, 0.2) is 0 Å². The Morgan fingerprint density at radius 3 is 2.30 bits per heavy atom. The van der Waals surface area contributed by atoms with Crippen LogP contribution in [0.5, 0.6) is 5.75 Å². The lowest BCUT2D eigenvalue weighted by Crippen LogP contribution is -2.42. The van der Waals surface area contributed by atoms with E-state index < -0.39 is 5.60 Å². The molecular weight excluding hydrogens is 416 g/mol. The van der Waals surface area contributed by atoms with Crippen molar-refractivity contribution in [2.75, 3.05) is 19.7 Å². The van der Waals surface area contributed by atoms with E-state index >= 15 is 0 Å². The maximum Gasteiger partial charge on any atom is 0.410 e. The highest BCUT2D eigenvalue weighted by Gasteiger charge is 2.29. The molecule has 33 heavy (non-hydrogen) atoms. The molecule has 2 amide bonds. The van der Waals surface area contributed by atoms with E-state index in [-0.39, 0.29) is 17.9 Å². The Morgan fingerprint density at radius 2 is 1.73 bits per heavy atom. The minimum Gasteiger partial charge on any atom is -0.493 e. The third-order valence-corrected chi connectivity index (χ3v) is 6.68. The Morgan fingerprint density at radius 1 is 1.03 bits per heavy atom. The third-order valence-electron chi connectivity index (χ3n) is 6.68. The second-order valence-corrected chi connectivity index (χ2v) is 10.7. The lowest BCUT2D eigenvalue weighted by Gasteiger charge is -2.33. The molecule has 1 aliphatic heterocycles. The van der Waals surface area contributed by atoms with Gasteiger partial charge in [-0.1, -0.05) is 18.2 Å². The van der Waals surface area contributed by atoms with Crippen LogP contribution < -0.4 is 10.1 Å². The molecule has 0 aromatic heterocycles. The molecule has 1 heterocycles. The van der Waals surface area contributed by atoms with Gasteiger partial charge in [-0.2, -0.15) is 0 Å². The van der Waals surface area contributed by atoms with E-state index in [1.54, 1.807) is 4.90 Å². The van der Waals surface area contributed by atoms with Crippen LogP contribution in [-0.2, 0) is 9.53 Å². The Balaban J connectivity index is 1.19. The minimum absolute atomic E-state index is 0.124. The second kappa shape index (κ2) is 10.2. The van der Waals surface area contributed by atoms with Crippen molar-refractivity contribution in [2.24, 2.45) is 11.8 Å². The average molecular weight is 455 g/mol. The first-order valence-corrected chi connectivity index (χ1v) is 12.5. The quantitative estimate of drug-likeness (QED) is 0.644. The smallest absolute Gasteiger partial charge is 0.410 e. The number of hydrogen-bond donors (Lipinski definition) is 1. The van der Waals surface area contributed by atoms with Crippen molar-refractivity contribution in [3.8, 4) is 5.75 Å². The standard InChI is InChI=1S/C27H38N2O4/c1-27(2,3)33-26(31)29-16-14-19(15-17-29)18-32-24-12-8-21(9-13-24)20-4-6-22(7-5-20)25(30)28-23-10-11-23/h4,8-9,12-13,19,22-23H,5-7,10-11,14-18H2,1-3H3,(H,28,30). The molecule has 3 aliphatic rings. The van der Waals surface area contributed by atoms with E-state index in [1.807, 2.05) is 32.9 Å². The zero-order chi connectivity index (χ0) is 23.4. The molecule has 4 rings (SSSR count). The number of carbonyl (C=O) groups is 2. The molecule has 1 aromatic carbocycles. The predicted molar refractivity (Wildman–Crippen MR) is 129 cm³/mol. The van der Waals surface area contributed by atoms with Gasteiger partial charge in [0.05, 0.1) is 6.61 Å². The first-order valence-electron chi connectivity index (χ1n) is 12.5. The maximum absolute atomic E-state index is 12.3. The lowest BCUT2D eigenvalue weighted by molar-refractivity contribution is -0.125. The molecule has 0 spiro atoms. The van der Waals surface area contributed by atoms with Gasteiger partial charge in [0.25, 0.3) is 0 Å². The van der Waals surface area contributed by atoms with Gasteiger partial charge in [-0.3, -0.25) is 4.79 Å². The van der Waals surface area contributed by atoms with Crippen molar-refractivity contribution in [3.05, 3.63) is 35.9 Å². The molecular formula is C27H38N2O4. The minimum atomic E-state index is -0.455. The topological polar surface area (TPSA) is 67.9 Å². The number of likely N-dealkylation sites (tertiary alicyclic amines) is 1. The molecule has 1 saturated carbocycles. The van der Waals surface area contributed by atoms with Crippen molar-refractivity contribution in [3.63, 3.8) is 0 Å². The highest BCUT2D eigenvalue weighted by Crippen LogP contribution is 2.32. The van der Waals surface area contributed by atoms with Gasteiger partial charge in [0.2, 0.25) is 5.91 Å². The Bertz CT molecular complexity index is 859. The van der Waals surface area contributed by atoms with Crippen LogP contribution in [0.1, 0.15) is 71.3 Å². The number of hydrogen-bond acceptors (Lipinski definition) is 4. The first-order chi connectivity index (χ1) is 15.8. The van der Waals surface area contributed by atoms with E-state index in [9.17, 15) is 9.59 Å². The fraction of sp³-hybridized carbons (Fsp3) is 0.630. The SMILES string of the molecule is CC(C)(C)OC(=O)N1CCC(COc2ccc(C3=CCC(C(=O)NC4CC4)CC3)cc2)CC1. The summed E-state index contributed by atoms with van der Waals surface area (Å²) in [5, 5.41) is 3.13. The molecule has 6 heteroatoms. The molecule has 2 aliphatic carbocycles. The van der Waals surface area contributed by atoms with Crippen molar-refractivity contribution in [2.45, 2.75) is 77.4 Å². The van der Waals surface area contributed by atoms with Gasteiger partial charge in [-0.05, 0) is 94.9 Å². The van der Waals surface area contributed by atoms with Crippen LogP contribution in [0.3, 0.4) is 0 Å². The van der Waals surface area contributed by atoms with Crippen LogP contribution in [0.15, 0.2) is 30.3 Å². The van der Waals surface area contributed by atoms with Crippen LogP contribution >= 0.6 is 0 Å². The first kappa shape index (κ1) is 23.7. The monoisotopic (exact) mass is 454 g/mol. The number of nitrogens with one attached hydrogen (secondary N) is 1. The summed E-state index contributed by atoms with van der Waals surface area (Å²) in [6.45, 7) is 7.79. The van der Waals surface area contributed by atoms with Crippen molar-refractivity contribution in [1.82, 2.24) is 10.2 Å². The summed E-state index contributed by atoms with van der Waals surface area (Å²) in [5.41, 5.74) is 2.09. The molecule has 6 nitrogen and oxygen atoms in total. The molecule has 1 atom stereocenters. The van der Waals surface area contributed by atoms with Gasteiger partial charge in [-0.25, -0.2) is 4.79 Å². The normalized spacial score (nSPS) is 21.8. The summed E-state index contributed by atoms with van der Waals surface area (Å²) in [5.74, 6) is 1.68. The van der Waals surface area contributed by atoms with Gasteiger partial charge < -0.3 is 19.7 Å². The number of amides is 2. The average Bonchev–Trinajstić information content (AvgIpc) is 3.61. The molecule has 1 saturated heterocycles. The lowest BCUT2D eigenvalue weighted by atomic mass is 9.86. The van der Waals surface area contributed by atoms with Gasteiger partial charge in [-0.15, -0.1) is 0 Å².